The predicted octanol–water partition coefficient (Wildman–Crippen LogP) is 1.74. The fourth-order valence-electron chi connectivity index (χ4n) is 1.91. The summed E-state index contributed by atoms with van der Waals surface area (Å²) in [6, 6.07) is 5.45. The molecule has 0 spiro atoms. The topological polar surface area (TPSA) is 68.8 Å². The first-order valence-electron chi connectivity index (χ1n) is 5.84. The van der Waals surface area contributed by atoms with Crippen molar-refractivity contribution in [2.75, 3.05) is 0 Å². The smallest absolute Gasteiger partial charge is 0.0843 e. The average Bonchev–Trinajstić information content (AvgIpc) is 2.78. The first kappa shape index (κ1) is 14.3. The quantitative estimate of drug-likeness (QED) is 0.652. The molecule has 1 atom stereocenters. The second kappa shape index (κ2) is 6.34. The molecule has 0 aliphatic rings. The third-order valence-electron chi connectivity index (χ3n) is 2.85. The number of benzene rings is 1. The van der Waals surface area contributed by atoms with Crippen LogP contribution in [0.3, 0.4) is 0 Å². The number of aryl methyl sites for hydroxylation is 1. The van der Waals surface area contributed by atoms with E-state index < -0.39 is 0 Å². The molecule has 0 saturated heterocycles. The summed E-state index contributed by atoms with van der Waals surface area (Å²) >= 11 is 12.3. The van der Waals surface area contributed by atoms with E-state index in [1.807, 2.05) is 31.4 Å². The van der Waals surface area contributed by atoms with Gasteiger partial charge in [-0.25, -0.2) is 0 Å². The predicted molar refractivity (Wildman–Crippen MR) is 76.0 cm³/mol. The lowest BCUT2D eigenvalue weighted by Crippen LogP contribution is -2.38. The molecule has 0 aliphatic heterocycles. The van der Waals surface area contributed by atoms with Crippen molar-refractivity contribution >= 4 is 23.2 Å². The van der Waals surface area contributed by atoms with Gasteiger partial charge in [-0.2, -0.15) is 0 Å². The third kappa shape index (κ3) is 3.67. The maximum absolute atomic E-state index is 6.15. The van der Waals surface area contributed by atoms with Gasteiger partial charge < -0.3 is 0 Å². The van der Waals surface area contributed by atoms with E-state index in [9.17, 15) is 0 Å². The zero-order chi connectivity index (χ0) is 13.8. The molecular formula is C12H15Cl2N5. The molecule has 0 saturated carbocycles. The van der Waals surface area contributed by atoms with E-state index in [1.165, 1.54) is 0 Å². The number of aromatic nitrogens is 3. The van der Waals surface area contributed by atoms with Crippen LogP contribution in [0, 0.1) is 0 Å². The van der Waals surface area contributed by atoms with Gasteiger partial charge in [-0.1, -0.05) is 34.5 Å². The van der Waals surface area contributed by atoms with Crippen molar-refractivity contribution in [3.05, 3.63) is 45.7 Å². The highest BCUT2D eigenvalue weighted by molar-refractivity contribution is 6.36. The number of nitrogens with one attached hydrogen (secondary N) is 1. The second-order valence-corrected chi connectivity index (χ2v) is 5.17. The minimum atomic E-state index is -0.00546. The van der Waals surface area contributed by atoms with Gasteiger partial charge in [-0.15, -0.1) is 5.10 Å². The summed E-state index contributed by atoms with van der Waals surface area (Å²) in [5, 5.41) is 9.22. The van der Waals surface area contributed by atoms with Gasteiger partial charge in [0, 0.05) is 35.8 Å². The molecule has 0 bridgehead atoms. The first-order chi connectivity index (χ1) is 9.10. The van der Waals surface area contributed by atoms with Crippen LogP contribution < -0.4 is 11.3 Å². The number of hydrazine groups is 1. The molecule has 3 N–H and O–H groups in total. The van der Waals surface area contributed by atoms with E-state index >= 15 is 0 Å². The number of nitrogens with zero attached hydrogens (tertiary/aromatic N) is 3. The van der Waals surface area contributed by atoms with Crippen molar-refractivity contribution in [3.63, 3.8) is 0 Å². The Morgan fingerprint density at radius 3 is 2.53 bits per heavy atom. The Balaban J connectivity index is 2.11. The molecule has 1 aromatic heterocycles. The van der Waals surface area contributed by atoms with Crippen LogP contribution in [0.4, 0.5) is 0 Å². The Morgan fingerprint density at radius 2 is 2.00 bits per heavy atom. The average molecular weight is 300 g/mol. The van der Waals surface area contributed by atoms with Gasteiger partial charge in [0.05, 0.1) is 5.69 Å². The molecule has 7 heteroatoms. The summed E-state index contributed by atoms with van der Waals surface area (Å²) in [7, 11) is 1.83. The van der Waals surface area contributed by atoms with Crippen LogP contribution in [0.5, 0.6) is 0 Å². The number of nitrogens with two attached hydrogens (primary N) is 1. The highest BCUT2D eigenvalue weighted by Gasteiger charge is 2.15. The summed E-state index contributed by atoms with van der Waals surface area (Å²) in [6.45, 7) is 0. The number of hydrogen-bond donors (Lipinski definition) is 2. The molecule has 1 unspecified atom stereocenters. The van der Waals surface area contributed by atoms with Gasteiger partial charge >= 0.3 is 0 Å². The standard InChI is InChI=1S/C12H15Cl2N5/c1-19-7-9(17-18-19)5-8(16-15)6-10-11(13)3-2-4-12(10)14/h2-4,7-8,16H,5-6,15H2,1H3. The lowest BCUT2D eigenvalue weighted by Gasteiger charge is -2.16. The highest BCUT2D eigenvalue weighted by Crippen LogP contribution is 2.25. The molecule has 0 amide bonds. The fourth-order valence-corrected chi connectivity index (χ4v) is 2.46. The third-order valence-corrected chi connectivity index (χ3v) is 3.56. The Hall–Kier alpha value is -1.14. The Labute approximate surface area is 121 Å². The summed E-state index contributed by atoms with van der Waals surface area (Å²) in [5.74, 6) is 5.58. The zero-order valence-electron chi connectivity index (χ0n) is 10.5. The van der Waals surface area contributed by atoms with E-state index in [0.717, 1.165) is 11.3 Å². The van der Waals surface area contributed by atoms with Crippen molar-refractivity contribution in [1.29, 1.82) is 0 Å². The number of halogens is 2. The Kier molecular flexibility index (Phi) is 4.76. The van der Waals surface area contributed by atoms with Crippen molar-refractivity contribution in [2.24, 2.45) is 12.9 Å². The summed E-state index contributed by atoms with van der Waals surface area (Å²) in [4.78, 5) is 0. The molecule has 0 aliphatic carbocycles. The van der Waals surface area contributed by atoms with Crippen LogP contribution in [0.2, 0.25) is 10.0 Å². The fraction of sp³-hybridized carbons (Fsp3) is 0.333. The lowest BCUT2D eigenvalue weighted by atomic mass is 10.0. The SMILES string of the molecule is Cn1cc(CC(Cc2c(Cl)cccc2Cl)NN)nn1. The van der Waals surface area contributed by atoms with Crippen LogP contribution in [0.1, 0.15) is 11.3 Å². The van der Waals surface area contributed by atoms with Gasteiger partial charge in [0.25, 0.3) is 0 Å². The van der Waals surface area contributed by atoms with Gasteiger partial charge in [0.15, 0.2) is 0 Å². The monoisotopic (exact) mass is 299 g/mol. The number of hydrogen-bond acceptors (Lipinski definition) is 4. The van der Waals surface area contributed by atoms with E-state index in [2.05, 4.69) is 15.7 Å². The first-order valence-corrected chi connectivity index (χ1v) is 6.60. The van der Waals surface area contributed by atoms with Crippen LogP contribution in [0.15, 0.2) is 24.4 Å². The van der Waals surface area contributed by atoms with Gasteiger partial charge in [0.1, 0.15) is 0 Å². The van der Waals surface area contributed by atoms with Crippen molar-refractivity contribution < 1.29 is 0 Å². The van der Waals surface area contributed by atoms with Gasteiger partial charge in [-0.05, 0) is 24.1 Å². The van der Waals surface area contributed by atoms with Gasteiger partial charge in [-0.3, -0.25) is 16.0 Å². The molecule has 19 heavy (non-hydrogen) atoms. The molecule has 0 radical (unpaired) electrons. The summed E-state index contributed by atoms with van der Waals surface area (Å²) < 4.78 is 1.66. The zero-order valence-corrected chi connectivity index (χ0v) is 12.0. The second-order valence-electron chi connectivity index (χ2n) is 4.36. The minimum Gasteiger partial charge on any atom is -0.271 e. The van der Waals surface area contributed by atoms with Crippen molar-refractivity contribution in [3.8, 4) is 0 Å². The Bertz CT molecular complexity index is 535. The van der Waals surface area contributed by atoms with Crippen LogP contribution in [-0.2, 0) is 19.9 Å². The molecule has 102 valence electrons. The Morgan fingerprint density at radius 1 is 1.32 bits per heavy atom. The van der Waals surface area contributed by atoms with Crippen LogP contribution in [-0.4, -0.2) is 21.0 Å². The summed E-state index contributed by atoms with van der Waals surface area (Å²) in [6.07, 6.45) is 3.15. The van der Waals surface area contributed by atoms with Gasteiger partial charge in [0.2, 0.25) is 0 Å². The largest absolute Gasteiger partial charge is 0.271 e. The summed E-state index contributed by atoms with van der Waals surface area (Å²) in [5.41, 5.74) is 4.52. The van der Waals surface area contributed by atoms with E-state index in [4.69, 9.17) is 29.0 Å². The van der Waals surface area contributed by atoms with E-state index in [-0.39, 0.29) is 6.04 Å². The molecule has 2 rings (SSSR count). The molecule has 0 fully saturated rings. The molecule has 1 aromatic carbocycles. The minimum absolute atomic E-state index is 0.00546. The molecule has 1 heterocycles. The molecule has 5 nitrogen and oxygen atoms in total. The number of rotatable bonds is 5. The molecule has 2 aromatic rings. The van der Waals surface area contributed by atoms with Crippen molar-refractivity contribution in [1.82, 2.24) is 20.4 Å². The van der Waals surface area contributed by atoms with Crippen molar-refractivity contribution in [2.45, 2.75) is 18.9 Å². The van der Waals surface area contributed by atoms with E-state index in [0.29, 0.717) is 22.9 Å². The normalized spacial score (nSPS) is 12.6. The molecular weight excluding hydrogens is 285 g/mol. The maximum atomic E-state index is 6.15. The van der Waals surface area contributed by atoms with Crippen LogP contribution >= 0.6 is 23.2 Å². The van der Waals surface area contributed by atoms with Crippen LogP contribution in [0.25, 0.3) is 0 Å². The highest BCUT2D eigenvalue weighted by atomic mass is 35.5. The van der Waals surface area contributed by atoms with E-state index in [1.54, 1.807) is 4.68 Å². The maximum Gasteiger partial charge on any atom is 0.0843 e. The lowest BCUT2D eigenvalue weighted by molar-refractivity contribution is 0.517.